The Kier molecular flexibility index (Phi) is 16.8. The van der Waals surface area contributed by atoms with Crippen molar-refractivity contribution in [3.63, 3.8) is 0 Å². The second-order valence-corrected chi connectivity index (χ2v) is 14.3. The highest BCUT2D eigenvalue weighted by atomic mass is 16.8. The lowest BCUT2D eigenvalue weighted by Crippen LogP contribution is -2.63. The molecule has 2 aromatic carbocycles. The maximum absolute atomic E-state index is 13.2. The van der Waals surface area contributed by atoms with E-state index < -0.39 is 130 Å². The number of hydrogen-bond donors (Lipinski definition) is 10. The van der Waals surface area contributed by atoms with Crippen LogP contribution < -0.4 is 14.2 Å². The van der Waals surface area contributed by atoms with Crippen molar-refractivity contribution in [2.75, 3.05) is 40.6 Å². The standard InChI is InChI=1S/C40H50O23/c1-18(44)57-36-26(15-42)62-40(17-43,37(36)61-29(47)11-7-19-4-8-21(45)23(12-19)54-2)63-39-35(53)33(51)31(49)27(60-39)16-56-28(46)10-6-20-5-9-22(24(13-20)55-3)58-38-34(52)32(50)30(48)25(14-41)59-38/h4-13,25-27,30-39,41-43,45,48-53H,14-17H2,1-3H3/t25-,26+,27+,30-,31+,32-,33+,34-,35+,36-,37-,38-,39+,40+/m0/s1. The van der Waals surface area contributed by atoms with Crippen LogP contribution >= 0.6 is 0 Å². The lowest BCUT2D eigenvalue weighted by molar-refractivity contribution is -0.383. The number of benzene rings is 2. The van der Waals surface area contributed by atoms with Gasteiger partial charge < -0.3 is 98.4 Å². The molecule has 0 amide bonds. The van der Waals surface area contributed by atoms with Crippen LogP contribution in [0.1, 0.15) is 18.1 Å². The van der Waals surface area contributed by atoms with Crippen LogP contribution in [0.25, 0.3) is 12.2 Å². The van der Waals surface area contributed by atoms with Crippen LogP contribution in [0.4, 0.5) is 0 Å². The third-order valence-corrected chi connectivity index (χ3v) is 10.1. The van der Waals surface area contributed by atoms with Crippen molar-refractivity contribution in [1.29, 1.82) is 0 Å². The van der Waals surface area contributed by atoms with Gasteiger partial charge >= 0.3 is 17.9 Å². The van der Waals surface area contributed by atoms with E-state index in [-0.39, 0.29) is 23.0 Å². The average molecular weight is 899 g/mol. The van der Waals surface area contributed by atoms with Crippen LogP contribution in [0.15, 0.2) is 48.6 Å². The molecule has 348 valence electrons. The molecule has 23 heteroatoms. The molecular weight excluding hydrogens is 848 g/mol. The molecule has 0 aromatic heterocycles. The van der Waals surface area contributed by atoms with Gasteiger partial charge in [0.2, 0.25) is 12.1 Å². The Balaban J connectivity index is 1.27. The Labute approximate surface area is 358 Å². The zero-order valence-electron chi connectivity index (χ0n) is 33.9. The number of hydrogen-bond acceptors (Lipinski definition) is 23. The number of phenolic OH excluding ortho intramolecular Hbond substituents is 1. The Morgan fingerprint density at radius 3 is 1.86 bits per heavy atom. The van der Waals surface area contributed by atoms with Crippen molar-refractivity contribution in [1.82, 2.24) is 0 Å². The lowest BCUT2D eigenvalue weighted by Gasteiger charge is -2.43. The monoisotopic (exact) mass is 898 g/mol. The van der Waals surface area contributed by atoms with E-state index in [4.69, 9.17) is 47.4 Å². The highest BCUT2D eigenvalue weighted by Crippen LogP contribution is 2.40. The zero-order chi connectivity index (χ0) is 46.2. The highest BCUT2D eigenvalue weighted by Gasteiger charge is 2.62. The molecule has 10 N–H and O–H groups in total. The SMILES string of the molecule is COc1cc(C=CC(=O)O[C@H]2[C@@H](OC(C)=O)[C@@H](CO)O[C@]2(CO)O[C@H]2O[C@H](COC(=O)C=Cc3ccc(O[C@H]4O[C@@H](CO)[C@H](O)[C@H](O)[C@@H]4O)c(OC)c3)[C@@H](O)[C@@H](O)[C@H]2O)ccc1O. The van der Waals surface area contributed by atoms with Crippen LogP contribution in [0.3, 0.4) is 0 Å². The fourth-order valence-corrected chi connectivity index (χ4v) is 6.75. The van der Waals surface area contributed by atoms with E-state index in [0.717, 1.165) is 19.1 Å². The Morgan fingerprint density at radius 2 is 1.25 bits per heavy atom. The summed E-state index contributed by atoms with van der Waals surface area (Å²) in [6, 6.07) is 8.42. The normalized spacial score (nSPS) is 33.2. The molecule has 0 saturated carbocycles. The first-order valence-electron chi connectivity index (χ1n) is 19.2. The van der Waals surface area contributed by atoms with Gasteiger partial charge in [0.25, 0.3) is 0 Å². The minimum atomic E-state index is -2.56. The van der Waals surface area contributed by atoms with Crippen molar-refractivity contribution in [2.24, 2.45) is 0 Å². The fraction of sp³-hybridized carbons (Fsp3) is 0.525. The lowest BCUT2D eigenvalue weighted by atomic mass is 9.98. The van der Waals surface area contributed by atoms with Crippen molar-refractivity contribution in [3.05, 3.63) is 59.7 Å². The van der Waals surface area contributed by atoms with Gasteiger partial charge in [0.05, 0.1) is 27.4 Å². The number of methoxy groups -OCH3 is 2. The summed E-state index contributed by atoms with van der Waals surface area (Å²) in [6.45, 7) is -2.48. The molecule has 0 unspecified atom stereocenters. The number of carbonyl (C=O) groups excluding carboxylic acids is 3. The van der Waals surface area contributed by atoms with Crippen LogP contribution in [0.5, 0.6) is 23.0 Å². The maximum Gasteiger partial charge on any atom is 0.331 e. The van der Waals surface area contributed by atoms with Crippen molar-refractivity contribution < 1.29 is 113 Å². The number of aromatic hydroxyl groups is 1. The van der Waals surface area contributed by atoms with Crippen molar-refractivity contribution in [2.45, 2.75) is 92.4 Å². The molecule has 0 bridgehead atoms. The maximum atomic E-state index is 13.2. The number of rotatable bonds is 17. The molecule has 3 heterocycles. The summed E-state index contributed by atoms with van der Waals surface area (Å²) in [5.41, 5.74) is 0.737. The van der Waals surface area contributed by atoms with E-state index in [0.29, 0.717) is 11.1 Å². The van der Waals surface area contributed by atoms with Gasteiger partial charge in [-0.2, -0.15) is 0 Å². The first-order valence-corrected chi connectivity index (χ1v) is 19.2. The number of aliphatic hydroxyl groups excluding tert-OH is 9. The molecule has 0 radical (unpaired) electrons. The predicted octanol–water partition coefficient (Wildman–Crippen LogP) is -3.39. The molecule has 3 aliphatic heterocycles. The van der Waals surface area contributed by atoms with Gasteiger partial charge in [-0.1, -0.05) is 12.1 Å². The quantitative estimate of drug-likeness (QED) is 0.0420. The summed E-state index contributed by atoms with van der Waals surface area (Å²) < 4.78 is 54.7. The van der Waals surface area contributed by atoms with Crippen LogP contribution in [-0.4, -0.2) is 195 Å². The molecular formula is C40H50O23. The fourth-order valence-electron chi connectivity index (χ4n) is 6.75. The van der Waals surface area contributed by atoms with Gasteiger partial charge in [-0.25, -0.2) is 9.59 Å². The first-order chi connectivity index (χ1) is 30.0. The summed E-state index contributed by atoms with van der Waals surface area (Å²) in [5.74, 6) is -5.54. The summed E-state index contributed by atoms with van der Waals surface area (Å²) in [5, 5.41) is 103. The topological polar surface area (TPSA) is 346 Å². The molecule has 3 saturated heterocycles. The summed E-state index contributed by atoms with van der Waals surface area (Å²) in [7, 11) is 2.61. The molecule has 0 spiro atoms. The van der Waals surface area contributed by atoms with Gasteiger partial charge in [0.15, 0.2) is 41.5 Å². The Bertz CT molecular complexity index is 1940. The molecule has 14 atom stereocenters. The smallest absolute Gasteiger partial charge is 0.331 e. The number of carbonyl (C=O) groups is 3. The number of ether oxygens (including phenoxy) is 10. The van der Waals surface area contributed by atoms with E-state index in [1.54, 1.807) is 0 Å². The minimum Gasteiger partial charge on any atom is -0.504 e. The van der Waals surface area contributed by atoms with Crippen molar-refractivity contribution >= 4 is 30.1 Å². The van der Waals surface area contributed by atoms with E-state index in [1.807, 2.05) is 0 Å². The van der Waals surface area contributed by atoms with E-state index >= 15 is 0 Å². The number of phenols is 1. The molecule has 63 heavy (non-hydrogen) atoms. The Morgan fingerprint density at radius 1 is 0.683 bits per heavy atom. The molecule has 2 aromatic rings. The molecule has 3 aliphatic rings. The van der Waals surface area contributed by atoms with Gasteiger partial charge in [0.1, 0.15) is 68.1 Å². The third kappa shape index (κ3) is 11.4. The highest BCUT2D eigenvalue weighted by molar-refractivity contribution is 5.88. The van der Waals surface area contributed by atoms with E-state index in [1.165, 1.54) is 62.8 Å². The van der Waals surface area contributed by atoms with Crippen LogP contribution in [-0.2, 0) is 47.5 Å². The third-order valence-electron chi connectivity index (χ3n) is 10.1. The summed E-state index contributed by atoms with van der Waals surface area (Å²) >= 11 is 0. The van der Waals surface area contributed by atoms with Crippen LogP contribution in [0, 0.1) is 0 Å². The van der Waals surface area contributed by atoms with Crippen LogP contribution in [0.2, 0.25) is 0 Å². The molecule has 3 fully saturated rings. The predicted molar refractivity (Wildman–Crippen MR) is 206 cm³/mol. The van der Waals surface area contributed by atoms with E-state index in [9.17, 15) is 65.4 Å². The van der Waals surface area contributed by atoms with E-state index in [2.05, 4.69) is 0 Å². The van der Waals surface area contributed by atoms with Gasteiger partial charge in [-0.15, -0.1) is 0 Å². The molecule has 0 aliphatic carbocycles. The van der Waals surface area contributed by atoms with Gasteiger partial charge in [-0.3, -0.25) is 4.79 Å². The largest absolute Gasteiger partial charge is 0.504 e. The molecule has 23 nitrogen and oxygen atoms in total. The average Bonchev–Trinajstić information content (AvgIpc) is 3.55. The number of aliphatic hydroxyl groups is 9. The first kappa shape index (κ1) is 49.0. The van der Waals surface area contributed by atoms with Gasteiger partial charge in [-0.05, 0) is 47.5 Å². The second-order valence-electron chi connectivity index (χ2n) is 14.3. The van der Waals surface area contributed by atoms with Gasteiger partial charge in [0, 0.05) is 19.1 Å². The number of esters is 3. The minimum absolute atomic E-state index is 0.0237. The second kappa shape index (κ2) is 21.6. The summed E-state index contributed by atoms with van der Waals surface area (Å²) in [4.78, 5) is 38.0. The molecule has 5 rings (SSSR count). The summed E-state index contributed by atoms with van der Waals surface area (Å²) in [6.07, 6.45) is -17.8. The van der Waals surface area contributed by atoms with Crippen molar-refractivity contribution in [3.8, 4) is 23.0 Å². The zero-order valence-corrected chi connectivity index (χ0v) is 33.9. The Hall–Kier alpha value is -4.99.